The molecule has 0 spiro atoms. The van der Waals surface area contributed by atoms with Gasteiger partial charge in [-0.25, -0.2) is 0 Å². The summed E-state index contributed by atoms with van der Waals surface area (Å²) in [4.78, 5) is 8.25. The third-order valence-corrected chi connectivity index (χ3v) is 2.19. The van der Waals surface area contributed by atoms with Crippen LogP contribution in [-0.2, 0) is 0 Å². The van der Waals surface area contributed by atoms with Crippen molar-refractivity contribution in [2.75, 3.05) is 0 Å². The van der Waals surface area contributed by atoms with Crippen molar-refractivity contribution in [2.24, 2.45) is 0 Å². The number of hydrogen-bond acceptors (Lipinski definition) is 3. The van der Waals surface area contributed by atoms with Gasteiger partial charge in [0.2, 0.25) is 0 Å². The van der Waals surface area contributed by atoms with E-state index >= 15 is 0 Å². The number of hydrogen-bond donors (Lipinski definition) is 0. The minimum Gasteiger partial charge on any atom is -0.649 e. The predicted molar refractivity (Wildman–Crippen MR) is 55.2 cm³/mol. The van der Waals surface area contributed by atoms with Gasteiger partial charge in [-0.2, -0.15) is 0 Å². The summed E-state index contributed by atoms with van der Waals surface area (Å²) in [5.41, 5.74) is 1.87. The molecule has 1 radical (unpaired) electrons. The van der Waals surface area contributed by atoms with E-state index in [4.69, 9.17) is 3.79 Å². The molecular weight excluding hydrogens is 191 g/mol. The topological polar surface area (TPSA) is 35.0 Å². The van der Waals surface area contributed by atoms with Gasteiger partial charge in [0.1, 0.15) is 5.75 Å². The molecule has 0 fully saturated rings. The second-order valence-electron chi connectivity index (χ2n) is 2.73. The van der Waals surface area contributed by atoms with Crippen molar-refractivity contribution >= 4 is 16.6 Å². The van der Waals surface area contributed by atoms with E-state index in [0.29, 0.717) is 0 Å². The van der Waals surface area contributed by atoms with E-state index in [-0.39, 0.29) is 0 Å². The second kappa shape index (κ2) is 4.23. The Morgan fingerprint density at radius 1 is 1.14 bits per heavy atom. The molecule has 0 unspecified atom stereocenters. The molecule has 2 rings (SSSR count). The van der Waals surface area contributed by atoms with E-state index in [2.05, 4.69) is 9.97 Å². The van der Waals surface area contributed by atoms with E-state index in [1.807, 2.05) is 24.3 Å². The first-order valence-corrected chi connectivity index (χ1v) is 4.77. The van der Waals surface area contributed by atoms with Gasteiger partial charge in [0.15, 0.2) is 0 Å². The van der Waals surface area contributed by atoms with Crippen molar-refractivity contribution in [1.29, 1.82) is 0 Å². The van der Waals surface area contributed by atoms with Gasteiger partial charge in [0.05, 0.1) is 11.9 Å². The van der Waals surface area contributed by atoms with Crippen LogP contribution in [0.1, 0.15) is 0 Å². The highest BCUT2D eigenvalue weighted by molar-refractivity contribution is 6.00. The Morgan fingerprint density at radius 3 is 2.79 bits per heavy atom. The minimum atomic E-state index is 0.754. The van der Waals surface area contributed by atoms with Crippen LogP contribution in [0.2, 0.25) is 0 Å². The number of aromatic nitrogens is 2. The molecule has 0 atom stereocenters. The quantitative estimate of drug-likeness (QED) is 0.684. The van der Waals surface area contributed by atoms with E-state index in [9.17, 15) is 0 Å². The van der Waals surface area contributed by atoms with Gasteiger partial charge in [-0.1, -0.05) is 6.07 Å². The molecule has 0 amide bonds. The van der Waals surface area contributed by atoms with Crippen LogP contribution in [0.15, 0.2) is 42.9 Å². The normalized spacial score (nSPS) is 9.71. The van der Waals surface area contributed by atoms with E-state index in [1.54, 1.807) is 18.6 Å². The highest BCUT2D eigenvalue weighted by Crippen LogP contribution is 2.26. The minimum absolute atomic E-state index is 0.754. The molecule has 0 saturated heterocycles. The van der Waals surface area contributed by atoms with Crippen molar-refractivity contribution < 1.29 is 3.79 Å². The molecule has 3 nitrogen and oxygen atoms in total. The molecule has 0 aromatic carbocycles. The standard InChI is InChI=1S/C10H8N2O.Al.H/c13-10-7-11-6-4-8(10)9-3-1-2-5-12-9;;/h1-7,13H;;/q;+1;/p-1. The zero-order valence-electron chi connectivity index (χ0n) is 7.55. The summed E-state index contributed by atoms with van der Waals surface area (Å²) in [5.74, 6) is 0.754. The molecule has 2 heterocycles. The maximum absolute atomic E-state index is 5.23. The van der Waals surface area contributed by atoms with Gasteiger partial charge in [-0.15, -0.1) is 0 Å². The molecule has 2 aromatic heterocycles. The third kappa shape index (κ3) is 1.77. The highest BCUT2D eigenvalue weighted by atomic mass is 27.1. The molecule has 67 valence electrons. The summed E-state index contributed by atoms with van der Waals surface area (Å²) in [6.07, 6.45) is 5.18. The molecule has 0 aliphatic rings. The van der Waals surface area contributed by atoms with Gasteiger partial charge < -0.3 is 3.79 Å². The lowest BCUT2D eigenvalue weighted by molar-refractivity contribution is 0.614. The monoisotopic (exact) mass is 199 g/mol. The maximum Gasteiger partial charge on any atom is 0.494 e. The van der Waals surface area contributed by atoms with E-state index in [1.165, 1.54) is 16.6 Å². The fourth-order valence-electron chi connectivity index (χ4n) is 1.23. The fraction of sp³-hybridized carbons (Fsp3) is 0. The zero-order chi connectivity index (χ0) is 9.80. The van der Waals surface area contributed by atoms with Crippen molar-refractivity contribution in [3.63, 3.8) is 0 Å². The average molecular weight is 199 g/mol. The Balaban J connectivity index is 2.51. The number of rotatable bonds is 2. The highest BCUT2D eigenvalue weighted by Gasteiger charge is 2.03. The molecular formula is C10H8AlN2O. The summed E-state index contributed by atoms with van der Waals surface area (Å²) in [7, 11) is 0. The van der Waals surface area contributed by atoms with Crippen LogP contribution >= 0.6 is 0 Å². The van der Waals surface area contributed by atoms with Gasteiger partial charge in [-0.3, -0.25) is 9.97 Å². The Kier molecular flexibility index (Phi) is 2.78. The Hall–Kier alpha value is -1.37. The molecule has 4 heteroatoms. The molecule has 0 N–H and O–H groups in total. The van der Waals surface area contributed by atoms with Gasteiger partial charge in [0, 0.05) is 18.0 Å². The summed E-state index contributed by atoms with van der Waals surface area (Å²) in [5, 5.41) is 0. The van der Waals surface area contributed by atoms with Crippen LogP contribution < -0.4 is 3.79 Å². The summed E-state index contributed by atoms with van der Waals surface area (Å²) in [6.45, 7) is 0. The summed E-state index contributed by atoms with van der Waals surface area (Å²) >= 11 is 1.43. The van der Waals surface area contributed by atoms with Crippen LogP contribution in [0.5, 0.6) is 5.75 Å². The van der Waals surface area contributed by atoms with Crippen molar-refractivity contribution in [2.45, 2.75) is 0 Å². The average Bonchev–Trinajstić information content (AvgIpc) is 2.30. The number of nitrogens with zero attached hydrogens (tertiary/aromatic N) is 2. The SMILES string of the molecule is [AlH][O]c1cnccc1-c1ccccn1. The molecule has 0 aliphatic carbocycles. The van der Waals surface area contributed by atoms with E-state index < -0.39 is 0 Å². The van der Waals surface area contributed by atoms with Crippen LogP contribution in [0.4, 0.5) is 0 Å². The number of pyridine rings is 2. The lowest BCUT2D eigenvalue weighted by Crippen LogP contribution is -1.91. The molecule has 0 bridgehead atoms. The van der Waals surface area contributed by atoms with Crippen molar-refractivity contribution in [1.82, 2.24) is 9.97 Å². The van der Waals surface area contributed by atoms with Crippen LogP contribution in [0.3, 0.4) is 0 Å². The summed E-state index contributed by atoms with van der Waals surface area (Å²) < 4.78 is 5.23. The zero-order valence-corrected chi connectivity index (χ0v) is 8.97. The first kappa shape index (κ1) is 9.20. The van der Waals surface area contributed by atoms with Crippen LogP contribution in [0, 0.1) is 0 Å². The third-order valence-electron chi connectivity index (χ3n) is 1.88. The predicted octanol–water partition coefficient (Wildman–Crippen LogP) is 1.34. The first-order chi connectivity index (χ1) is 6.92. The van der Waals surface area contributed by atoms with Gasteiger partial charge in [0.25, 0.3) is 0 Å². The Morgan fingerprint density at radius 2 is 2.07 bits per heavy atom. The fourth-order valence-corrected chi connectivity index (χ4v) is 1.46. The smallest absolute Gasteiger partial charge is 0.494 e. The van der Waals surface area contributed by atoms with Crippen molar-refractivity contribution in [3.8, 4) is 17.0 Å². The van der Waals surface area contributed by atoms with Crippen molar-refractivity contribution in [3.05, 3.63) is 42.9 Å². The largest absolute Gasteiger partial charge is 0.649 e. The molecule has 2 aromatic rings. The lowest BCUT2D eigenvalue weighted by atomic mass is 10.1. The Labute approximate surface area is 90.5 Å². The molecule has 0 aliphatic heterocycles. The second-order valence-corrected chi connectivity index (χ2v) is 3.02. The van der Waals surface area contributed by atoms with Gasteiger partial charge >= 0.3 is 16.6 Å². The molecule has 0 saturated carbocycles. The maximum atomic E-state index is 5.23. The summed E-state index contributed by atoms with van der Waals surface area (Å²) in [6, 6.07) is 7.68. The Bertz CT molecular complexity index is 419. The van der Waals surface area contributed by atoms with E-state index in [0.717, 1.165) is 17.0 Å². The van der Waals surface area contributed by atoms with Crippen LogP contribution in [0.25, 0.3) is 11.3 Å². The first-order valence-electron chi connectivity index (χ1n) is 4.19. The molecule has 14 heavy (non-hydrogen) atoms. The van der Waals surface area contributed by atoms with Crippen LogP contribution in [-0.4, -0.2) is 26.6 Å². The van der Waals surface area contributed by atoms with Gasteiger partial charge in [-0.05, 0) is 18.2 Å². The lowest BCUT2D eigenvalue weighted by Gasteiger charge is -2.07.